The van der Waals surface area contributed by atoms with Crippen LogP contribution in [-0.2, 0) is 6.42 Å². The lowest BCUT2D eigenvalue weighted by Crippen LogP contribution is -1.97. The van der Waals surface area contributed by atoms with E-state index in [1.807, 2.05) is 6.08 Å². The summed E-state index contributed by atoms with van der Waals surface area (Å²) in [5, 5.41) is 0. The predicted octanol–water partition coefficient (Wildman–Crippen LogP) is 5.97. The first-order valence-corrected chi connectivity index (χ1v) is 6.82. The smallest absolute Gasteiger partial charge is 0.0216 e. The van der Waals surface area contributed by atoms with Crippen LogP contribution >= 0.6 is 0 Å². The Morgan fingerprint density at radius 1 is 1.11 bits per heavy atom. The van der Waals surface area contributed by atoms with E-state index in [1.165, 1.54) is 24.0 Å². The highest BCUT2D eigenvalue weighted by Crippen LogP contribution is 2.13. The molecular weight excluding hydrogens is 216 g/mol. The van der Waals surface area contributed by atoms with Gasteiger partial charge in [0.1, 0.15) is 0 Å². The normalized spacial score (nSPS) is 10.2. The van der Waals surface area contributed by atoms with E-state index < -0.39 is 0 Å². The Bertz CT molecular complexity index is 297. The monoisotopic (exact) mass is 246 g/mol. The molecule has 102 valence electrons. The zero-order valence-corrected chi connectivity index (χ0v) is 12.7. The second-order valence-electron chi connectivity index (χ2n) is 4.34. The molecule has 0 amide bonds. The summed E-state index contributed by atoms with van der Waals surface area (Å²) in [7, 11) is 0. The minimum absolute atomic E-state index is 0.575. The fourth-order valence-corrected chi connectivity index (χ4v) is 1.27. The van der Waals surface area contributed by atoms with Crippen molar-refractivity contribution < 1.29 is 0 Å². The molecule has 0 saturated heterocycles. The molecule has 0 radical (unpaired) electrons. The van der Waals surface area contributed by atoms with E-state index in [2.05, 4.69) is 71.7 Å². The van der Waals surface area contributed by atoms with Gasteiger partial charge in [0.25, 0.3) is 0 Å². The van der Waals surface area contributed by atoms with Gasteiger partial charge in [-0.2, -0.15) is 0 Å². The van der Waals surface area contributed by atoms with Gasteiger partial charge in [-0.05, 0) is 30.4 Å². The molecule has 0 spiro atoms. The van der Waals surface area contributed by atoms with Crippen molar-refractivity contribution >= 4 is 0 Å². The van der Waals surface area contributed by atoms with Crippen molar-refractivity contribution in [2.24, 2.45) is 5.92 Å². The van der Waals surface area contributed by atoms with E-state index >= 15 is 0 Å². The zero-order chi connectivity index (χ0) is 14.4. The molecule has 0 nitrogen and oxygen atoms in total. The standard InChI is InChI=1S/C12H16.C4H10.C2H4/c1-4-10(2)9-12-8-6-5-7-11(12)3;1-3-4-2;1-2/h4-8,10H,1,9H2,2-3H3;3-4H2,1-2H3;1-2H2. The minimum atomic E-state index is 0.575. The first-order valence-electron chi connectivity index (χ1n) is 6.82. The summed E-state index contributed by atoms with van der Waals surface area (Å²) in [5.74, 6) is 0.575. The minimum Gasteiger partial charge on any atom is -0.106 e. The number of hydrogen-bond donors (Lipinski definition) is 0. The molecule has 0 fully saturated rings. The van der Waals surface area contributed by atoms with E-state index in [-0.39, 0.29) is 0 Å². The topological polar surface area (TPSA) is 0 Å². The van der Waals surface area contributed by atoms with Crippen LogP contribution in [0.1, 0.15) is 44.7 Å². The second kappa shape index (κ2) is 13.8. The molecular formula is C18H30. The fraction of sp³-hybridized carbons (Fsp3) is 0.444. The Labute approximate surface area is 114 Å². The summed E-state index contributed by atoms with van der Waals surface area (Å²) in [6.07, 6.45) is 5.75. The molecule has 0 heteroatoms. The van der Waals surface area contributed by atoms with Crippen LogP contribution in [0.15, 0.2) is 50.1 Å². The molecule has 1 atom stereocenters. The Morgan fingerprint density at radius 2 is 1.61 bits per heavy atom. The largest absolute Gasteiger partial charge is 0.106 e. The van der Waals surface area contributed by atoms with Crippen molar-refractivity contribution in [2.45, 2.75) is 47.0 Å². The zero-order valence-electron chi connectivity index (χ0n) is 12.7. The van der Waals surface area contributed by atoms with Crippen LogP contribution in [0, 0.1) is 12.8 Å². The summed E-state index contributed by atoms with van der Waals surface area (Å²) >= 11 is 0. The number of unbranched alkanes of at least 4 members (excludes halogenated alkanes) is 1. The van der Waals surface area contributed by atoms with Gasteiger partial charge >= 0.3 is 0 Å². The van der Waals surface area contributed by atoms with Gasteiger partial charge in [-0.1, -0.05) is 64.0 Å². The van der Waals surface area contributed by atoms with Gasteiger partial charge in [0.2, 0.25) is 0 Å². The molecule has 18 heavy (non-hydrogen) atoms. The predicted molar refractivity (Wildman–Crippen MR) is 86.1 cm³/mol. The van der Waals surface area contributed by atoms with Crippen LogP contribution in [0.25, 0.3) is 0 Å². The van der Waals surface area contributed by atoms with Crippen LogP contribution in [-0.4, -0.2) is 0 Å². The van der Waals surface area contributed by atoms with Crippen LogP contribution in [0.4, 0.5) is 0 Å². The van der Waals surface area contributed by atoms with E-state index in [4.69, 9.17) is 0 Å². The van der Waals surface area contributed by atoms with Gasteiger partial charge in [-0.15, -0.1) is 19.7 Å². The summed E-state index contributed by atoms with van der Waals surface area (Å²) in [6.45, 7) is 18.5. The lowest BCUT2D eigenvalue weighted by atomic mass is 9.98. The molecule has 1 aromatic rings. The van der Waals surface area contributed by atoms with Gasteiger partial charge in [-0.3, -0.25) is 0 Å². The highest BCUT2D eigenvalue weighted by Gasteiger charge is 2.00. The highest BCUT2D eigenvalue weighted by molar-refractivity contribution is 5.26. The van der Waals surface area contributed by atoms with E-state index in [1.54, 1.807) is 0 Å². The first kappa shape index (κ1) is 19.0. The third-order valence-electron chi connectivity index (χ3n) is 2.71. The van der Waals surface area contributed by atoms with Crippen LogP contribution in [0.3, 0.4) is 0 Å². The highest BCUT2D eigenvalue weighted by atomic mass is 14.1. The fourth-order valence-electron chi connectivity index (χ4n) is 1.27. The third kappa shape index (κ3) is 9.89. The van der Waals surface area contributed by atoms with Crippen molar-refractivity contribution in [3.05, 3.63) is 61.2 Å². The van der Waals surface area contributed by atoms with Crippen molar-refractivity contribution in [3.63, 3.8) is 0 Å². The summed E-state index contributed by atoms with van der Waals surface area (Å²) < 4.78 is 0. The maximum absolute atomic E-state index is 3.79. The third-order valence-corrected chi connectivity index (χ3v) is 2.71. The Balaban J connectivity index is 0. The van der Waals surface area contributed by atoms with Crippen molar-refractivity contribution in [2.75, 3.05) is 0 Å². The Kier molecular flexibility index (Phi) is 14.6. The van der Waals surface area contributed by atoms with Crippen molar-refractivity contribution in [1.82, 2.24) is 0 Å². The number of rotatable bonds is 4. The molecule has 0 aliphatic carbocycles. The maximum atomic E-state index is 3.79. The molecule has 0 aromatic heterocycles. The van der Waals surface area contributed by atoms with Gasteiger partial charge in [0.15, 0.2) is 0 Å². The van der Waals surface area contributed by atoms with Crippen molar-refractivity contribution in [1.29, 1.82) is 0 Å². The molecule has 0 aliphatic rings. The van der Waals surface area contributed by atoms with Gasteiger partial charge in [0.05, 0.1) is 0 Å². The molecule has 0 N–H and O–H groups in total. The molecule has 1 aromatic carbocycles. The van der Waals surface area contributed by atoms with Gasteiger partial charge in [-0.25, -0.2) is 0 Å². The molecule has 1 unspecified atom stereocenters. The van der Waals surface area contributed by atoms with E-state index in [0.717, 1.165) is 6.42 Å². The van der Waals surface area contributed by atoms with Crippen LogP contribution < -0.4 is 0 Å². The van der Waals surface area contributed by atoms with Gasteiger partial charge in [0, 0.05) is 0 Å². The van der Waals surface area contributed by atoms with Crippen molar-refractivity contribution in [3.8, 4) is 0 Å². The molecule has 0 bridgehead atoms. The quantitative estimate of drug-likeness (QED) is 0.574. The summed E-state index contributed by atoms with van der Waals surface area (Å²) in [4.78, 5) is 0. The second-order valence-corrected chi connectivity index (χ2v) is 4.34. The average Bonchev–Trinajstić information content (AvgIpc) is 2.43. The molecule has 1 rings (SSSR count). The lowest BCUT2D eigenvalue weighted by Gasteiger charge is -2.08. The maximum Gasteiger partial charge on any atom is -0.0216 e. The summed E-state index contributed by atoms with van der Waals surface area (Å²) in [6, 6.07) is 8.52. The van der Waals surface area contributed by atoms with E-state index in [0.29, 0.717) is 5.92 Å². The van der Waals surface area contributed by atoms with Crippen LogP contribution in [0.2, 0.25) is 0 Å². The van der Waals surface area contributed by atoms with E-state index in [9.17, 15) is 0 Å². The lowest BCUT2D eigenvalue weighted by molar-refractivity contribution is 0.722. The number of aryl methyl sites for hydroxylation is 1. The first-order chi connectivity index (χ1) is 8.65. The number of benzene rings is 1. The summed E-state index contributed by atoms with van der Waals surface area (Å²) in [5.41, 5.74) is 2.82. The number of hydrogen-bond acceptors (Lipinski definition) is 0. The molecule has 0 aliphatic heterocycles. The Morgan fingerprint density at radius 3 is 2.00 bits per heavy atom. The average molecular weight is 246 g/mol. The molecule has 0 saturated carbocycles. The van der Waals surface area contributed by atoms with Gasteiger partial charge < -0.3 is 0 Å². The number of allylic oxidation sites excluding steroid dienone is 1. The Hall–Kier alpha value is -1.30. The SMILES string of the molecule is C=C.C=CC(C)Cc1ccccc1C.CCCC. The van der Waals surface area contributed by atoms with Crippen LogP contribution in [0.5, 0.6) is 0 Å². The molecule has 0 heterocycles.